The highest BCUT2D eigenvalue weighted by Gasteiger charge is 2.41. The van der Waals surface area contributed by atoms with Crippen LogP contribution in [0.3, 0.4) is 0 Å². The van der Waals surface area contributed by atoms with Gasteiger partial charge in [0.2, 0.25) is 0 Å². The first-order valence-electron chi connectivity index (χ1n) is 5.10. The highest BCUT2D eigenvalue weighted by Crippen LogP contribution is 2.32. The van der Waals surface area contributed by atoms with E-state index in [1.807, 2.05) is 0 Å². The van der Waals surface area contributed by atoms with Crippen molar-refractivity contribution < 1.29 is 19.2 Å². The summed E-state index contributed by atoms with van der Waals surface area (Å²) in [6.45, 7) is 3.21. The summed E-state index contributed by atoms with van der Waals surface area (Å²) in [7, 11) is 0. The van der Waals surface area contributed by atoms with Gasteiger partial charge in [-0.05, 0) is 25.7 Å². The second kappa shape index (κ2) is 3.92. The lowest BCUT2D eigenvalue weighted by Gasteiger charge is -2.11. The minimum absolute atomic E-state index is 0.494. The van der Waals surface area contributed by atoms with Crippen LogP contribution < -0.4 is 0 Å². The normalized spacial score (nSPS) is 19.9. The van der Waals surface area contributed by atoms with Gasteiger partial charge in [-0.25, -0.2) is 4.79 Å². The van der Waals surface area contributed by atoms with Gasteiger partial charge in [-0.1, -0.05) is 11.6 Å². The predicted molar refractivity (Wildman–Crippen MR) is 53.6 cm³/mol. The van der Waals surface area contributed by atoms with Crippen LogP contribution in [0.4, 0.5) is 0 Å². The van der Waals surface area contributed by atoms with Gasteiger partial charge >= 0.3 is 5.97 Å². The predicted octanol–water partition coefficient (Wildman–Crippen LogP) is 0.870. The van der Waals surface area contributed by atoms with E-state index in [-0.39, 0.29) is 0 Å². The van der Waals surface area contributed by atoms with E-state index in [1.165, 1.54) is 0 Å². The number of imide groups is 1. The Kier molecular flexibility index (Phi) is 2.60. The summed E-state index contributed by atoms with van der Waals surface area (Å²) in [5.74, 6) is -1.81. The van der Waals surface area contributed by atoms with Crippen LogP contribution in [0.15, 0.2) is 23.8 Å². The SMILES string of the molecule is C=CC(=O)ON1C(=O)C2=C(CCCC2)C1=O. The molecule has 5 nitrogen and oxygen atoms in total. The molecule has 0 spiro atoms. The zero-order valence-corrected chi connectivity index (χ0v) is 8.69. The molecule has 0 bridgehead atoms. The van der Waals surface area contributed by atoms with Crippen LogP contribution in [0.25, 0.3) is 0 Å². The van der Waals surface area contributed by atoms with Crippen molar-refractivity contribution in [3.63, 3.8) is 0 Å². The number of nitrogens with zero attached hydrogens (tertiary/aromatic N) is 1. The van der Waals surface area contributed by atoms with Crippen molar-refractivity contribution in [1.29, 1.82) is 0 Å². The standard InChI is InChI=1S/C11H11NO4/c1-2-9(13)16-12-10(14)7-5-3-4-6-8(7)11(12)15/h2H,1,3-6H2. The molecule has 1 aliphatic heterocycles. The van der Waals surface area contributed by atoms with E-state index in [4.69, 9.17) is 0 Å². The third kappa shape index (κ3) is 1.54. The Hall–Kier alpha value is -1.91. The molecule has 2 rings (SSSR count). The lowest BCUT2D eigenvalue weighted by Crippen LogP contribution is -2.33. The monoisotopic (exact) mass is 221 g/mol. The third-order valence-electron chi connectivity index (χ3n) is 2.70. The van der Waals surface area contributed by atoms with E-state index in [1.54, 1.807) is 0 Å². The fourth-order valence-electron chi connectivity index (χ4n) is 1.92. The number of carbonyl (C=O) groups is 3. The van der Waals surface area contributed by atoms with Gasteiger partial charge in [0.15, 0.2) is 0 Å². The smallest absolute Gasteiger partial charge is 0.325 e. The number of hydrogen-bond acceptors (Lipinski definition) is 4. The average molecular weight is 221 g/mol. The van der Waals surface area contributed by atoms with E-state index >= 15 is 0 Å². The molecule has 0 atom stereocenters. The summed E-state index contributed by atoms with van der Waals surface area (Å²) in [6, 6.07) is 0. The Balaban J connectivity index is 2.21. The number of rotatable bonds is 2. The number of carbonyl (C=O) groups excluding carboxylic acids is 3. The van der Waals surface area contributed by atoms with Crippen LogP contribution >= 0.6 is 0 Å². The average Bonchev–Trinajstić information content (AvgIpc) is 2.55. The fraction of sp³-hybridized carbons (Fsp3) is 0.364. The highest BCUT2D eigenvalue weighted by atomic mass is 16.7. The molecular weight excluding hydrogens is 210 g/mol. The topological polar surface area (TPSA) is 63.7 Å². The minimum Gasteiger partial charge on any atom is -0.325 e. The maximum atomic E-state index is 11.7. The van der Waals surface area contributed by atoms with E-state index in [0.29, 0.717) is 29.1 Å². The van der Waals surface area contributed by atoms with Gasteiger partial charge in [-0.15, -0.1) is 0 Å². The molecule has 1 aliphatic carbocycles. The van der Waals surface area contributed by atoms with Crippen molar-refractivity contribution in [3.8, 4) is 0 Å². The van der Waals surface area contributed by atoms with Gasteiger partial charge in [0.05, 0.1) is 0 Å². The molecule has 84 valence electrons. The summed E-state index contributed by atoms with van der Waals surface area (Å²) in [4.78, 5) is 39.0. The van der Waals surface area contributed by atoms with Gasteiger partial charge in [0.1, 0.15) is 0 Å². The van der Waals surface area contributed by atoms with Crippen LogP contribution in [0.5, 0.6) is 0 Å². The van der Waals surface area contributed by atoms with Gasteiger partial charge in [-0.3, -0.25) is 9.59 Å². The van der Waals surface area contributed by atoms with Crippen molar-refractivity contribution in [2.75, 3.05) is 0 Å². The molecule has 2 aliphatic rings. The maximum absolute atomic E-state index is 11.7. The lowest BCUT2D eigenvalue weighted by molar-refractivity contribution is -0.193. The largest absolute Gasteiger partial charge is 0.356 e. The van der Waals surface area contributed by atoms with Crippen molar-refractivity contribution in [2.24, 2.45) is 0 Å². The van der Waals surface area contributed by atoms with Crippen LogP contribution in [0.1, 0.15) is 25.7 Å². The first-order valence-corrected chi connectivity index (χ1v) is 5.10. The first kappa shape index (κ1) is 10.6. The van der Waals surface area contributed by atoms with Crippen molar-refractivity contribution in [1.82, 2.24) is 5.06 Å². The van der Waals surface area contributed by atoms with Gasteiger partial charge in [-0.2, -0.15) is 0 Å². The molecule has 0 aromatic heterocycles. The van der Waals surface area contributed by atoms with E-state index in [2.05, 4.69) is 11.4 Å². The number of hydrogen-bond donors (Lipinski definition) is 0. The Morgan fingerprint density at radius 2 is 1.69 bits per heavy atom. The Bertz CT molecular complexity index is 394. The maximum Gasteiger partial charge on any atom is 0.356 e. The lowest BCUT2D eigenvalue weighted by atomic mass is 9.93. The molecule has 0 saturated heterocycles. The second-order valence-corrected chi connectivity index (χ2v) is 3.68. The molecule has 0 unspecified atom stereocenters. The Labute approximate surface area is 92.3 Å². The molecule has 0 aromatic carbocycles. The Morgan fingerprint density at radius 1 is 1.19 bits per heavy atom. The second-order valence-electron chi connectivity index (χ2n) is 3.68. The van der Waals surface area contributed by atoms with E-state index in [9.17, 15) is 14.4 Å². The molecule has 0 fully saturated rings. The first-order chi connectivity index (χ1) is 7.65. The third-order valence-corrected chi connectivity index (χ3v) is 2.70. The molecule has 5 heteroatoms. The van der Waals surface area contributed by atoms with E-state index < -0.39 is 17.8 Å². The van der Waals surface area contributed by atoms with E-state index in [0.717, 1.165) is 18.9 Å². The quantitative estimate of drug-likeness (QED) is 0.512. The molecular formula is C11H11NO4. The van der Waals surface area contributed by atoms with Crippen molar-refractivity contribution in [3.05, 3.63) is 23.8 Å². The molecule has 0 saturated carbocycles. The van der Waals surface area contributed by atoms with Crippen LogP contribution in [0.2, 0.25) is 0 Å². The zero-order chi connectivity index (χ0) is 11.7. The number of amides is 2. The summed E-state index contributed by atoms with van der Waals surface area (Å²) in [6.07, 6.45) is 3.87. The summed E-state index contributed by atoms with van der Waals surface area (Å²) < 4.78 is 0. The summed E-state index contributed by atoms with van der Waals surface area (Å²) in [5.41, 5.74) is 0.987. The summed E-state index contributed by atoms with van der Waals surface area (Å²) in [5, 5.41) is 0.542. The number of hydroxylamine groups is 2. The fourth-order valence-corrected chi connectivity index (χ4v) is 1.92. The summed E-state index contributed by atoms with van der Waals surface area (Å²) >= 11 is 0. The van der Waals surface area contributed by atoms with Crippen LogP contribution in [-0.2, 0) is 19.2 Å². The zero-order valence-electron chi connectivity index (χ0n) is 8.69. The van der Waals surface area contributed by atoms with Gasteiger partial charge < -0.3 is 4.84 Å². The van der Waals surface area contributed by atoms with Crippen molar-refractivity contribution in [2.45, 2.75) is 25.7 Å². The molecule has 0 radical (unpaired) electrons. The van der Waals surface area contributed by atoms with Gasteiger partial charge in [0, 0.05) is 17.2 Å². The molecule has 1 heterocycles. The van der Waals surface area contributed by atoms with Crippen molar-refractivity contribution >= 4 is 17.8 Å². The minimum atomic E-state index is -0.804. The Morgan fingerprint density at radius 3 is 2.12 bits per heavy atom. The molecule has 16 heavy (non-hydrogen) atoms. The van der Waals surface area contributed by atoms with Crippen LogP contribution in [0, 0.1) is 0 Å². The molecule has 2 amide bonds. The van der Waals surface area contributed by atoms with Crippen LogP contribution in [-0.4, -0.2) is 22.8 Å². The van der Waals surface area contributed by atoms with Gasteiger partial charge in [0.25, 0.3) is 11.8 Å². The molecule has 0 aromatic rings. The highest BCUT2D eigenvalue weighted by molar-refractivity contribution is 6.19. The molecule has 0 N–H and O–H groups in total.